The molecule has 0 aliphatic carbocycles. The second kappa shape index (κ2) is 5.77. The van der Waals surface area contributed by atoms with E-state index in [0.717, 1.165) is 0 Å². The van der Waals surface area contributed by atoms with Gasteiger partial charge in [-0.2, -0.15) is 0 Å². The molecule has 0 fully saturated rings. The van der Waals surface area contributed by atoms with E-state index in [9.17, 15) is 4.79 Å². The molecule has 0 aliphatic heterocycles. The lowest BCUT2D eigenvalue weighted by Gasteiger charge is -2.13. The minimum Gasteiger partial charge on any atom is -0.323 e. The zero-order chi connectivity index (χ0) is 13.8. The van der Waals surface area contributed by atoms with E-state index in [1.165, 1.54) is 11.0 Å². The summed E-state index contributed by atoms with van der Waals surface area (Å²) in [5, 5.41) is 16.9. The van der Waals surface area contributed by atoms with Gasteiger partial charge in [-0.3, -0.25) is 4.79 Å². The van der Waals surface area contributed by atoms with Gasteiger partial charge >= 0.3 is 0 Å². The van der Waals surface area contributed by atoms with Crippen molar-refractivity contribution in [3.8, 4) is 5.69 Å². The number of amides is 1. The van der Waals surface area contributed by atoms with Crippen LogP contribution in [0.2, 0.25) is 5.02 Å². The van der Waals surface area contributed by atoms with Gasteiger partial charge in [0, 0.05) is 0 Å². The topological polar surface area (TPSA) is 84.7 Å². The predicted molar refractivity (Wildman–Crippen MR) is 71.3 cm³/mol. The Morgan fingerprint density at radius 2 is 2.26 bits per heavy atom. The van der Waals surface area contributed by atoms with Crippen LogP contribution in [0.4, 0.5) is 5.69 Å². The van der Waals surface area contributed by atoms with Crippen LogP contribution >= 0.6 is 11.6 Å². The van der Waals surface area contributed by atoms with Crippen LogP contribution in [0, 0.1) is 0 Å². The standard InChI is InChI=1S/C11H13ClN6O/c1-7(13-2)11(19)15-10-5-8(3-4-9(10)12)18-6-14-16-17-18/h3-7,13H,1-2H3,(H,15,19). The summed E-state index contributed by atoms with van der Waals surface area (Å²) in [6.45, 7) is 1.76. The van der Waals surface area contributed by atoms with Crippen LogP contribution in [-0.2, 0) is 4.79 Å². The highest BCUT2D eigenvalue weighted by Gasteiger charge is 2.13. The van der Waals surface area contributed by atoms with Gasteiger partial charge in [0.1, 0.15) is 6.33 Å². The number of carbonyl (C=O) groups is 1. The predicted octanol–water partition coefficient (Wildman–Crippen LogP) is 0.862. The van der Waals surface area contributed by atoms with Crippen LogP contribution in [0.1, 0.15) is 6.92 Å². The van der Waals surface area contributed by atoms with Gasteiger partial charge in [-0.05, 0) is 42.6 Å². The van der Waals surface area contributed by atoms with Crippen molar-refractivity contribution in [1.29, 1.82) is 0 Å². The van der Waals surface area contributed by atoms with Crippen LogP contribution in [0.3, 0.4) is 0 Å². The fourth-order valence-corrected chi connectivity index (χ4v) is 1.57. The molecular formula is C11H13ClN6O. The van der Waals surface area contributed by atoms with Crippen LogP contribution in [0.15, 0.2) is 24.5 Å². The maximum atomic E-state index is 11.8. The zero-order valence-electron chi connectivity index (χ0n) is 10.5. The molecule has 100 valence electrons. The van der Waals surface area contributed by atoms with Crippen LogP contribution < -0.4 is 10.6 Å². The summed E-state index contributed by atoms with van der Waals surface area (Å²) in [5.41, 5.74) is 1.23. The van der Waals surface area contributed by atoms with Gasteiger partial charge in [-0.15, -0.1) is 5.10 Å². The van der Waals surface area contributed by atoms with Crippen molar-refractivity contribution < 1.29 is 4.79 Å². The fraction of sp³-hybridized carbons (Fsp3) is 0.273. The summed E-state index contributed by atoms with van der Waals surface area (Å²) in [6, 6.07) is 4.83. The average molecular weight is 281 g/mol. The van der Waals surface area contributed by atoms with Gasteiger partial charge < -0.3 is 10.6 Å². The molecule has 7 nitrogen and oxygen atoms in total. The van der Waals surface area contributed by atoms with E-state index >= 15 is 0 Å². The molecule has 0 saturated heterocycles. The Bertz CT molecular complexity index is 571. The highest BCUT2D eigenvalue weighted by atomic mass is 35.5. The van der Waals surface area contributed by atoms with Gasteiger partial charge in [0.05, 0.1) is 22.4 Å². The molecule has 0 saturated carbocycles. The number of halogens is 1. The number of likely N-dealkylation sites (N-methyl/N-ethyl adjacent to an activating group) is 1. The minimum absolute atomic E-state index is 0.168. The van der Waals surface area contributed by atoms with Crippen molar-refractivity contribution in [3.05, 3.63) is 29.5 Å². The van der Waals surface area contributed by atoms with Crippen LogP contribution in [0.25, 0.3) is 5.69 Å². The number of hydrogen-bond donors (Lipinski definition) is 2. The van der Waals surface area contributed by atoms with Crippen molar-refractivity contribution in [3.63, 3.8) is 0 Å². The van der Waals surface area contributed by atoms with E-state index in [-0.39, 0.29) is 11.9 Å². The van der Waals surface area contributed by atoms with Crippen LogP contribution in [-0.4, -0.2) is 39.2 Å². The third-order valence-corrected chi connectivity index (χ3v) is 2.98. The lowest BCUT2D eigenvalue weighted by atomic mass is 10.2. The van der Waals surface area contributed by atoms with Gasteiger partial charge in [0.15, 0.2) is 0 Å². The molecule has 8 heteroatoms. The molecule has 19 heavy (non-hydrogen) atoms. The lowest BCUT2D eigenvalue weighted by molar-refractivity contribution is -0.117. The van der Waals surface area contributed by atoms with Crippen molar-refractivity contribution in [2.24, 2.45) is 0 Å². The number of aromatic nitrogens is 4. The highest BCUT2D eigenvalue weighted by Crippen LogP contribution is 2.24. The Kier molecular flexibility index (Phi) is 4.08. The Morgan fingerprint density at radius 3 is 2.89 bits per heavy atom. The van der Waals surface area contributed by atoms with Gasteiger partial charge in [-0.25, -0.2) is 4.68 Å². The minimum atomic E-state index is -0.312. The smallest absolute Gasteiger partial charge is 0.241 e. The third-order valence-electron chi connectivity index (χ3n) is 2.65. The monoisotopic (exact) mass is 280 g/mol. The molecule has 0 spiro atoms. The normalized spacial score (nSPS) is 12.2. The molecule has 1 unspecified atom stereocenters. The number of hydrogen-bond acceptors (Lipinski definition) is 5. The van der Waals surface area contributed by atoms with Crippen molar-refractivity contribution >= 4 is 23.2 Å². The van der Waals surface area contributed by atoms with E-state index in [4.69, 9.17) is 11.6 Å². The first-order valence-corrected chi connectivity index (χ1v) is 6.00. The Morgan fingerprint density at radius 1 is 1.47 bits per heavy atom. The van der Waals surface area contributed by atoms with E-state index in [1.807, 2.05) is 0 Å². The Hall–Kier alpha value is -1.99. The average Bonchev–Trinajstić information content (AvgIpc) is 2.94. The van der Waals surface area contributed by atoms with Crippen LogP contribution in [0.5, 0.6) is 0 Å². The molecule has 1 atom stereocenters. The number of benzene rings is 1. The van der Waals surface area contributed by atoms with E-state index in [1.54, 1.807) is 32.2 Å². The first-order chi connectivity index (χ1) is 9.11. The summed E-state index contributed by atoms with van der Waals surface area (Å²) in [7, 11) is 1.71. The molecule has 1 heterocycles. The number of nitrogens with zero attached hydrogens (tertiary/aromatic N) is 4. The second-order valence-corrected chi connectivity index (χ2v) is 4.33. The highest BCUT2D eigenvalue weighted by molar-refractivity contribution is 6.33. The largest absolute Gasteiger partial charge is 0.323 e. The third kappa shape index (κ3) is 3.07. The lowest BCUT2D eigenvalue weighted by Crippen LogP contribution is -2.35. The summed E-state index contributed by atoms with van der Waals surface area (Å²) >= 11 is 6.05. The first kappa shape index (κ1) is 13.4. The molecule has 1 aromatic carbocycles. The summed E-state index contributed by atoms with van der Waals surface area (Å²) in [4.78, 5) is 11.8. The van der Waals surface area contributed by atoms with E-state index in [0.29, 0.717) is 16.4 Å². The Balaban J connectivity index is 2.25. The number of tetrazole rings is 1. The molecule has 1 aromatic heterocycles. The van der Waals surface area contributed by atoms with Crippen molar-refractivity contribution in [2.75, 3.05) is 12.4 Å². The molecule has 0 aliphatic rings. The maximum absolute atomic E-state index is 11.8. The number of anilines is 1. The second-order valence-electron chi connectivity index (χ2n) is 3.92. The quantitative estimate of drug-likeness (QED) is 0.868. The molecule has 0 radical (unpaired) electrons. The molecular weight excluding hydrogens is 268 g/mol. The molecule has 2 N–H and O–H groups in total. The molecule has 2 aromatic rings. The fourth-order valence-electron chi connectivity index (χ4n) is 1.40. The molecule has 0 bridgehead atoms. The summed E-state index contributed by atoms with van der Waals surface area (Å²) in [6.07, 6.45) is 1.46. The number of nitrogens with one attached hydrogen (secondary N) is 2. The van der Waals surface area contributed by atoms with E-state index in [2.05, 4.69) is 26.2 Å². The SMILES string of the molecule is CNC(C)C(=O)Nc1cc(-n2cnnn2)ccc1Cl. The first-order valence-electron chi connectivity index (χ1n) is 5.63. The van der Waals surface area contributed by atoms with Crippen molar-refractivity contribution in [1.82, 2.24) is 25.5 Å². The van der Waals surface area contributed by atoms with Crippen molar-refractivity contribution in [2.45, 2.75) is 13.0 Å². The maximum Gasteiger partial charge on any atom is 0.241 e. The number of carbonyl (C=O) groups excluding carboxylic acids is 1. The molecule has 1 amide bonds. The summed E-state index contributed by atoms with van der Waals surface area (Å²) < 4.78 is 1.48. The van der Waals surface area contributed by atoms with Gasteiger partial charge in [-0.1, -0.05) is 11.6 Å². The molecule has 2 rings (SSSR count). The Labute approximate surface area is 114 Å². The zero-order valence-corrected chi connectivity index (χ0v) is 11.2. The van der Waals surface area contributed by atoms with E-state index < -0.39 is 0 Å². The number of rotatable bonds is 4. The van der Waals surface area contributed by atoms with Gasteiger partial charge in [0.2, 0.25) is 5.91 Å². The summed E-state index contributed by atoms with van der Waals surface area (Å²) in [5.74, 6) is -0.168. The van der Waals surface area contributed by atoms with Gasteiger partial charge in [0.25, 0.3) is 0 Å².